The normalized spacial score (nSPS) is 19.0. The number of aromatic nitrogens is 2. The van der Waals surface area contributed by atoms with Crippen LogP contribution < -0.4 is 5.32 Å². The molecule has 2 atom stereocenters. The maximum Gasteiger partial charge on any atom is 0.226 e. The Balaban J connectivity index is 1.85. The lowest BCUT2D eigenvalue weighted by Crippen LogP contribution is -2.36. The summed E-state index contributed by atoms with van der Waals surface area (Å²) >= 11 is 0. The number of para-hydroxylation sites is 2. The molecule has 2 heterocycles. The van der Waals surface area contributed by atoms with E-state index in [1.165, 1.54) is 0 Å². The van der Waals surface area contributed by atoms with Crippen molar-refractivity contribution in [2.45, 2.75) is 32.7 Å². The third kappa shape index (κ3) is 3.52. The highest BCUT2D eigenvalue weighted by atomic mass is 16.2. The number of fused-ring (bicyclic) bond motifs is 1. The number of aryl methyl sites for hydroxylation is 1. The van der Waals surface area contributed by atoms with Gasteiger partial charge in [-0.1, -0.05) is 26.0 Å². The molecule has 25 heavy (non-hydrogen) atoms. The van der Waals surface area contributed by atoms with E-state index < -0.39 is 0 Å². The lowest BCUT2D eigenvalue weighted by atomic mass is 10.0. The molecule has 0 aliphatic carbocycles. The van der Waals surface area contributed by atoms with Crippen molar-refractivity contribution in [2.75, 3.05) is 13.6 Å². The van der Waals surface area contributed by atoms with E-state index >= 15 is 0 Å². The fraction of sp³-hybridized carbons (Fsp3) is 0.526. The van der Waals surface area contributed by atoms with Crippen molar-refractivity contribution in [1.82, 2.24) is 19.8 Å². The largest absolute Gasteiger partial charge is 0.346 e. The van der Waals surface area contributed by atoms with E-state index in [0.717, 1.165) is 23.3 Å². The van der Waals surface area contributed by atoms with Gasteiger partial charge in [0.2, 0.25) is 11.8 Å². The van der Waals surface area contributed by atoms with Gasteiger partial charge in [-0.05, 0) is 24.5 Å². The van der Waals surface area contributed by atoms with Gasteiger partial charge in [-0.3, -0.25) is 9.59 Å². The van der Waals surface area contributed by atoms with Gasteiger partial charge in [-0.2, -0.15) is 0 Å². The minimum atomic E-state index is -0.276. The number of benzene rings is 1. The monoisotopic (exact) mass is 342 g/mol. The van der Waals surface area contributed by atoms with E-state index in [0.29, 0.717) is 18.9 Å². The van der Waals surface area contributed by atoms with E-state index in [1.54, 1.807) is 11.9 Å². The molecular formula is C19H26N4O2. The van der Waals surface area contributed by atoms with Gasteiger partial charge in [0.05, 0.1) is 23.0 Å². The molecule has 2 amide bonds. The molecule has 1 fully saturated rings. The summed E-state index contributed by atoms with van der Waals surface area (Å²) in [5.74, 6) is 0.972. The van der Waals surface area contributed by atoms with Crippen LogP contribution in [-0.2, 0) is 16.6 Å². The Kier molecular flexibility index (Phi) is 4.79. The van der Waals surface area contributed by atoms with Crippen LogP contribution in [0.15, 0.2) is 24.3 Å². The third-order valence-electron chi connectivity index (χ3n) is 4.87. The first-order valence-corrected chi connectivity index (χ1v) is 8.82. The number of amides is 2. The van der Waals surface area contributed by atoms with Crippen LogP contribution in [0.5, 0.6) is 0 Å². The highest BCUT2D eigenvalue weighted by molar-refractivity contribution is 5.89. The Hall–Kier alpha value is -2.37. The number of nitrogens with one attached hydrogen (secondary N) is 1. The quantitative estimate of drug-likeness (QED) is 0.906. The summed E-state index contributed by atoms with van der Waals surface area (Å²) in [5, 5.41) is 3.15. The number of hydrogen-bond donors (Lipinski definition) is 1. The van der Waals surface area contributed by atoms with E-state index in [2.05, 4.69) is 23.7 Å². The molecule has 0 unspecified atom stereocenters. The number of imidazole rings is 1. The first kappa shape index (κ1) is 17.5. The summed E-state index contributed by atoms with van der Waals surface area (Å²) in [4.78, 5) is 30.8. The maximum atomic E-state index is 12.7. The summed E-state index contributed by atoms with van der Waals surface area (Å²) in [6, 6.07) is 7.81. The molecule has 1 aromatic heterocycles. The second-order valence-corrected chi connectivity index (χ2v) is 7.38. The van der Waals surface area contributed by atoms with E-state index in [9.17, 15) is 9.59 Å². The molecule has 1 saturated heterocycles. The molecule has 1 aliphatic heterocycles. The third-order valence-corrected chi connectivity index (χ3v) is 4.87. The molecule has 2 aromatic rings. The SMILES string of the molecule is CC(C)C[C@@H](NC(=O)[C@@H]1CC(=O)N(C)C1)c1nc2ccccc2n1C. The van der Waals surface area contributed by atoms with Crippen molar-refractivity contribution >= 4 is 22.8 Å². The maximum absolute atomic E-state index is 12.7. The molecule has 6 nitrogen and oxygen atoms in total. The van der Waals surface area contributed by atoms with Crippen LogP contribution in [-0.4, -0.2) is 39.9 Å². The number of carbonyl (C=O) groups excluding carboxylic acids is 2. The van der Waals surface area contributed by atoms with Gasteiger partial charge in [0.1, 0.15) is 5.82 Å². The van der Waals surface area contributed by atoms with Crippen molar-refractivity contribution < 1.29 is 9.59 Å². The van der Waals surface area contributed by atoms with Gasteiger partial charge in [-0.15, -0.1) is 0 Å². The second kappa shape index (κ2) is 6.86. The zero-order valence-electron chi connectivity index (χ0n) is 15.3. The summed E-state index contributed by atoms with van der Waals surface area (Å²) in [5.41, 5.74) is 1.98. The van der Waals surface area contributed by atoms with Gasteiger partial charge < -0.3 is 14.8 Å². The van der Waals surface area contributed by atoms with Gasteiger partial charge in [0.15, 0.2) is 0 Å². The first-order chi connectivity index (χ1) is 11.9. The molecule has 0 radical (unpaired) electrons. The summed E-state index contributed by atoms with van der Waals surface area (Å²) in [6.45, 7) is 4.75. The Morgan fingerprint density at radius 3 is 2.64 bits per heavy atom. The van der Waals surface area contributed by atoms with Gasteiger partial charge in [0.25, 0.3) is 0 Å². The van der Waals surface area contributed by atoms with Crippen LogP contribution in [0.2, 0.25) is 0 Å². The summed E-state index contributed by atoms with van der Waals surface area (Å²) < 4.78 is 2.05. The molecule has 1 aliphatic rings. The molecule has 0 spiro atoms. The van der Waals surface area contributed by atoms with Gasteiger partial charge >= 0.3 is 0 Å². The molecule has 6 heteroatoms. The second-order valence-electron chi connectivity index (χ2n) is 7.38. The summed E-state index contributed by atoms with van der Waals surface area (Å²) in [7, 11) is 3.73. The van der Waals surface area contributed by atoms with Crippen molar-refractivity contribution in [1.29, 1.82) is 0 Å². The standard InChI is InChI=1S/C19H26N4O2/c1-12(2)9-15(21-19(25)13-10-17(24)22(3)11-13)18-20-14-7-5-6-8-16(14)23(18)4/h5-8,12-13,15H,9-11H2,1-4H3,(H,21,25)/t13-,15-/m1/s1. The zero-order chi connectivity index (χ0) is 18.1. The van der Waals surface area contributed by atoms with E-state index in [-0.39, 0.29) is 23.8 Å². The van der Waals surface area contributed by atoms with E-state index in [4.69, 9.17) is 4.98 Å². The molecular weight excluding hydrogens is 316 g/mol. The lowest BCUT2D eigenvalue weighted by molar-refractivity contribution is -0.128. The van der Waals surface area contributed by atoms with Crippen LogP contribution >= 0.6 is 0 Å². The molecule has 0 bridgehead atoms. The van der Waals surface area contributed by atoms with Crippen LogP contribution in [0.1, 0.15) is 38.6 Å². The minimum Gasteiger partial charge on any atom is -0.346 e. The van der Waals surface area contributed by atoms with Crippen LogP contribution in [0.4, 0.5) is 0 Å². The molecule has 0 saturated carbocycles. The van der Waals surface area contributed by atoms with Crippen molar-refractivity contribution in [3.8, 4) is 0 Å². The number of rotatable bonds is 5. The highest BCUT2D eigenvalue weighted by Crippen LogP contribution is 2.26. The van der Waals surface area contributed by atoms with Crippen molar-refractivity contribution in [3.05, 3.63) is 30.1 Å². The number of nitrogens with zero attached hydrogens (tertiary/aromatic N) is 3. The number of likely N-dealkylation sites (tertiary alicyclic amines) is 1. The highest BCUT2D eigenvalue weighted by Gasteiger charge is 2.34. The van der Waals surface area contributed by atoms with Crippen LogP contribution in [0.25, 0.3) is 11.0 Å². The van der Waals surface area contributed by atoms with Crippen molar-refractivity contribution in [3.63, 3.8) is 0 Å². The zero-order valence-corrected chi connectivity index (χ0v) is 15.3. The predicted molar refractivity (Wildman–Crippen MR) is 96.8 cm³/mol. The Morgan fingerprint density at radius 2 is 2.04 bits per heavy atom. The molecule has 1 aromatic carbocycles. The Morgan fingerprint density at radius 1 is 1.32 bits per heavy atom. The summed E-state index contributed by atoms with van der Waals surface area (Å²) in [6.07, 6.45) is 1.10. The average molecular weight is 342 g/mol. The topological polar surface area (TPSA) is 67.2 Å². The fourth-order valence-electron chi connectivity index (χ4n) is 3.50. The van der Waals surface area contributed by atoms with Crippen molar-refractivity contribution in [2.24, 2.45) is 18.9 Å². The Bertz CT molecular complexity index is 796. The smallest absolute Gasteiger partial charge is 0.226 e. The Labute approximate surface area is 148 Å². The van der Waals surface area contributed by atoms with Gasteiger partial charge in [-0.25, -0.2) is 4.98 Å². The average Bonchev–Trinajstić information content (AvgIpc) is 3.07. The number of carbonyl (C=O) groups is 2. The fourth-order valence-corrected chi connectivity index (χ4v) is 3.50. The number of hydrogen-bond acceptors (Lipinski definition) is 3. The lowest BCUT2D eigenvalue weighted by Gasteiger charge is -2.22. The minimum absolute atomic E-state index is 0.0308. The molecule has 134 valence electrons. The van der Waals surface area contributed by atoms with Gasteiger partial charge in [0, 0.05) is 27.1 Å². The van der Waals surface area contributed by atoms with Crippen LogP contribution in [0, 0.1) is 11.8 Å². The van der Waals surface area contributed by atoms with E-state index in [1.807, 2.05) is 31.3 Å². The predicted octanol–water partition coefficient (Wildman–Crippen LogP) is 2.25. The first-order valence-electron chi connectivity index (χ1n) is 8.82. The molecule has 1 N–H and O–H groups in total. The van der Waals surface area contributed by atoms with Crippen LogP contribution in [0.3, 0.4) is 0 Å². The molecule has 3 rings (SSSR count).